The van der Waals surface area contributed by atoms with Gasteiger partial charge in [-0.25, -0.2) is 16.8 Å². The predicted octanol–water partition coefficient (Wildman–Crippen LogP) is 1.83. The number of thiophene rings is 1. The summed E-state index contributed by atoms with van der Waals surface area (Å²) in [6.07, 6.45) is 1.17. The van der Waals surface area contributed by atoms with Crippen LogP contribution in [0.3, 0.4) is 0 Å². The zero-order valence-corrected chi connectivity index (χ0v) is 17.6. The van der Waals surface area contributed by atoms with Gasteiger partial charge in [-0.15, -0.1) is 11.3 Å². The molecular formula is C16H28N2O4S3. The molecule has 9 heteroatoms. The smallest absolute Gasteiger partial charge is 0.252 e. The molecule has 0 N–H and O–H groups in total. The van der Waals surface area contributed by atoms with Crippen LogP contribution in [0.5, 0.6) is 0 Å². The van der Waals surface area contributed by atoms with Crippen LogP contribution in [0.2, 0.25) is 0 Å². The van der Waals surface area contributed by atoms with Gasteiger partial charge in [-0.05, 0) is 38.1 Å². The Morgan fingerprint density at radius 1 is 1.16 bits per heavy atom. The molecule has 1 atom stereocenters. The summed E-state index contributed by atoms with van der Waals surface area (Å²) >= 11 is 1.28. The third-order valence-electron chi connectivity index (χ3n) is 4.70. The van der Waals surface area contributed by atoms with Gasteiger partial charge in [0.05, 0.1) is 11.5 Å². The predicted molar refractivity (Wildman–Crippen MR) is 102 cm³/mol. The Labute approximate surface area is 155 Å². The Bertz CT molecular complexity index is 767. The van der Waals surface area contributed by atoms with Gasteiger partial charge in [0.25, 0.3) is 10.0 Å². The van der Waals surface area contributed by atoms with Gasteiger partial charge in [0, 0.05) is 24.0 Å². The molecular weight excluding hydrogens is 380 g/mol. The third kappa shape index (κ3) is 5.03. The van der Waals surface area contributed by atoms with Crippen LogP contribution in [0.1, 0.15) is 32.1 Å². The van der Waals surface area contributed by atoms with E-state index in [0.717, 1.165) is 24.4 Å². The molecule has 144 valence electrons. The van der Waals surface area contributed by atoms with Crippen molar-refractivity contribution in [1.82, 2.24) is 9.21 Å². The third-order valence-corrected chi connectivity index (χ3v) is 10.1. The number of sulfonamides is 1. The maximum atomic E-state index is 13.2. The van der Waals surface area contributed by atoms with Crippen LogP contribution in [0, 0.1) is 0 Å². The Morgan fingerprint density at radius 2 is 1.84 bits per heavy atom. The van der Waals surface area contributed by atoms with Crippen molar-refractivity contribution in [3.8, 4) is 0 Å². The molecule has 1 aromatic heterocycles. The topological polar surface area (TPSA) is 74.8 Å². The summed E-state index contributed by atoms with van der Waals surface area (Å²) in [7, 11) is -6.82. The first-order chi connectivity index (χ1) is 11.7. The molecule has 1 fully saturated rings. The highest BCUT2D eigenvalue weighted by molar-refractivity contribution is 7.92. The van der Waals surface area contributed by atoms with Crippen LogP contribution in [-0.4, -0.2) is 69.8 Å². The fourth-order valence-corrected chi connectivity index (χ4v) is 7.98. The molecule has 1 aliphatic heterocycles. The average Bonchev–Trinajstić information content (AvgIpc) is 3.18. The van der Waals surface area contributed by atoms with E-state index < -0.39 is 25.9 Å². The maximum Gasteiger partial charge on any atom is 0.252 e. The summed E-state index contributed by atoms with van der Waals surface area (Å²) in [4.78, 5) is 3.17. The molecule has 0 aliphatic carbocycles. The molecule has 0 unspecified atom stereocenters. The van der Waals surface area contributed by atoms with Crippen LogP contribution in [0.4, 0.5) is 0 Å². The van der Waals surface area contributed by atoms with Crippen LogP contribution in [0.25, 0.3) is 0 Å². The summed E-state index contributed by atoms with van der Waals surface area (Å²) in [5.41, 5.74) is 0. The maximum absolute atomic E-state index is 13.2. The van der Waals surface area contributed by atoms with Gasteiger partial charge in [-0.3, -0.25) is 0 Å². The van der Waals surface area contributed by atoms with Gasteiger partial charge in [0.1, 0.15) is 4.21 Å². The first-order valence-corrected chi connectivity index (χ1v) is 12.8. The summed E-state index contributed by atoms with van der Waals surface area (Å²) < 4.78 is 51.8. The van der Waals surface area contributed by atoms with Gasteiger partial charge in [0.15, 0.2) is 9.84 Å². The normalized spacial score (nSPS) is 20.6. The van der Waals surface area contributed by atoms with Crippen molar-refractivity contribution < 1.29 is 16.8 Å². The Morgan fingerprint density at radius 3 is 2.32 bits per heavy atom. The zero-order valence-electron chi connectivity index (χ0n) is 15.1. The van der Waals surface area contributed by atoms with E-state index in [1.807, 2.05) is 26.8 Å². The SMILES string of the molecule is CCc1ccc(S(=O)(=O)N(CCN(CC)CC)[C@H]2CCS(=O)(=O)C2)s1. The van der Waals surface area contributed by atoms with E-state index in [1.165, 1.54) is 15.6 Å². The second-order valence-electron chi connectivity index (χ2n) is 6.27. The molecule has 1 aliphatic rings. The van der Waals surface area contributed by atoms with E-state index in [-0.39, 0.29) is 11.5 Å². The number of nitrogens with zero attached hydrogens (tertiary/aromatic N) is 2. The number of aryl methyl sites for hydroxylation is 1. The van der Waals surface area contributed by atoms with Crippen LogP contribution < -0.4 is 0 Å². The lowest BCUT2D eigenvalue weighted by Crippen LogP contribution is -2.45. The molecule has 1 saturated heterocycles. The Kier molecular flexibility index (Phi) is 7.06. The van der Waals surface area contributed by atoms with Crippen LogP contribution in [-0.2, 0) is 26.3 Å². The average molecular weight is 409 g/mol. The van der Waals surface area contributed by atoms with E-state index in [4.69, 9.17) is 0 Å². The highest BCUT2D eigenvalue weighted by atomic mass is 32.2. The molecule has 1 aromatic rings. The number of hydrogen-bond donors (Lipinski definition) is 0. The largest absolute Gasteiger partial charge is 0.303 e. The molecule has 0 saturated carbocycles. The molecule has 25 heavy (non-hydrogen) atoms. The fourth-order valence-electron chi connectivity index (χ4n) is 3.08. The second-order valence-corrected chi connectivity index (χ2v) is 11.8. The van der Waals surface area contributed by atoms with Crippen LogP contribution in [0.15, 0.2) is 16.3 Å². The lowest BCUT2D eigenvalue weighted by molar-refractivity contribution is 0.251. The van der Waals surface area contributed by atoms with Gasteiger partial charge in [-0.2, -0.15) is 4.31 Å². The first-order valence-electron chi connectivity index (χ1n) is 8.76. The van der Waals surface area contributed by atoms with Crippen molar-refractivity contribution in [3.63, 3.8) is 0 Å². The van der Waals surface area contributed by atoms with Crippen molar-refractivity contribution in [3.05, 3.63) is 17.0 Å². The molecule has 0 spiro atoms. The van der Waals surface area contributed by atoms with Gasteiger partial charge in [-0.1, -0.05) is 20.8 Å². The van der Waals surface area contributed by atoms with Crippen LogP contribution >= 0.6 is 11.3 Å². The van der Waals surface area contributed by atoms with Gasteiger partial charge >= 0.3 is 0 Å². The molecule has 0 radical (unpaired) electrons. The molecule has 2 heterocycles. The zero-order chi connectivity index (χ0) is 18.7. The summed E-state index contributed by atoms with van der Waals surface area (Å²) in [5, 5.41) is 0. The van der Waals surface area contributed by atoms with E-state index in [2.05, 4.69) is 4.90 Å². The quantitative estimate of drug-likeness (QED) is 0.623. The van der Waals surface area contributed by atoms with Gasteiger partial charge < -0.3 is 4.90 Å². The molecule has 0 bridgehead atoms. The minimum atomic E-state index is -3.68. The lowest BCUT2D eigenvalue weighted by atomic mass is 10.2. The summed E-state index contributed by atoms with van der Waals surface area (Å²) in [6, 6.07) is 3.02. The minimum absolute atomic E-state index is 0.0691. The molecule has 6 nitrogen and oxygen atoms in total. The molecule has 0 amide bonds. The van der Waals surface area contributed by atoms with E-state index >= 15 is 0 Å². The monoisotopic (exact) mass is 408 g/mol. The minimum Gasteiger partial charge on any atom is -0.303 e. The summed E-state index contributed by atoms with van der Waals surface area (Å²) in [5.74, 6) is -0.00387. The fraction of sp³-hybridized carbons (Fsp3) is 0.750. The number of likely N-dealkylation sites (N-methyl/N-ethyl adjacent to an activating group) is 1. The van der Waals surface area contributed by atoms with Crippen molar-refractivity contribution in [2.75, 3.05) is 37.7 Å². The Hall–Kier alpha value is -0.480. The summed E-state index contributed by atoms with van der Waals surface area (Å²) in [6.45, 7) is 8.67. The number of rotatable bonds is 9. The van der Waals surface area contributed by atoms with E-state index in [0.29, 0.717) is 23.7 Å². The van der Waals surface area contributed by atoms with Crippen molar-refractivity contribution in [2.24, 2.45) is 0 Å². The highest BCUT2D eigenvalue weighted by Crippen LogP contribution is 2.29. The molecule has 2 rings (SSSR count). The molecule has 0 aromatic carbocycles. The van der Waals surface area contributed by atoms with Crippen molar-refractivity contribution in [1.29, 1.82) is 0 Å². The number of sulfone groups is 1. The lowest BCUT2D eigenvalue weighted by Gasteiger charge is -2.29. The standard InChI is InChI=1S/C16H28N2O4S3/c1-4-15-7-8-16(23-15)25(21,22)18(11-10-17(5-2)6-3)14-9-12-24(19,20)13-14/h7-8,14H,4-6,9-13H2,1-3H3/t14-/m0/s1. The van der Waals surface area contributed by atoms with Crippen molar-refractivity contribution >= 4 is 31.2 Å². The van der Waals surface area contributed by atoms with E-state index in [9.17, 15) is 16.8 Å². The van der Waals surface area contributed by atoms with E-state index in [1.54, 1.807) is 6.07 Å². The first kappa shape index (κ1) is 20.8. The second kappa shape index (κ2) is 8.47. The highest BCUT2D eigenvalue weighted by Gasteiger charge is 2.39. The van der Waals surface area contributed by atoms with Crippen molar-refractivity contribution in [2.45, 2.75) is 43.9 Å². The van der Waals surface area contributed by atoms with Gasteiger partial charge in [0.2, 0.25) is 0 Å². The Balaban J connectivity index is 2.29. The number of hydrogen-bond acceptors (Lipinski definition) is 6.